The summed E-state index contributed by atoms with van der Waals surface area (Å²) in [5.41, 5.74) is -4.46. The van der Waals surface area contributed by atoms with E-state index in [9.17, 15) is 41.3 Å². The van der Waals surface area contributed by atoms with E-state index in [1.807, 2.05) is 5.32 Å². The van der Waals surface area contributed by atoms with Crippen molar-refractivity contribution in [2.45, 2.75) is 19.3 Å². The molecule has 0 bridgehead atoms. The van der Waals surface area contributed by atoms with Gasteiger partial charge in [0, 0.05) is 11.1 Å². The minimum Gasteiger partial charge on any atom is -0.307 e. The zero-order chi connectivity index (χ0) is 20.6. The van der Waals surface area contributed by atoms with Gasteiger partial charge in [-0.25, -0.2) is 4.98 Å². The number of nitro groups is 1. The van der Waals surface area contributed by atoms with Crippen LogP contribution in [0.15, 0.2) is 30.5 Å². The van der Waals surface area contributed by atoms with Crippen LogP contribution in [-0.2, 0) is 12.4 Å². The number of carbonyl (C=O) groups is 1. The molecule has 12 heteroatoms. The second-order valence-corrected chi connectivity index (χ2v) is 5.36. The third-order valence-electron chi connectivity index (χ3n) is 3.37. The number of hydrogen-bond acceptors (Lipinski definition) is 4. The number of aryl methyl sites for hydroxylation is 1. The predicted molar refractivity (Wildman–Crippen MR) is 80.0 cm³/mol. The van der Waals surface area contributed by atoms with Crippen molar-refractivity contribution in [1.82, 2.24) is 4.98 Å². The fourth-order valence-corrected chi connectivity index (χ4v) is 2.08. The van der Waals surface area contributed by atoms with Gasteiger partial charge in [-0.05, 0) is 31.2 Å². The number of nitrogens with one attached hydrogen (secondary N) is 1. The number of hydrogen-bond donors (Lipinski definition) is 1. The number of pyridine rings is 1. The second kappa shape index (κ2) is 6.85. The fraction of sp³-hybridized carbons (Fsp3) is 0.200. The normalized spacial score (nSPS) is 12.0. The van der Waals surface area contributed by atoms with Crippen LogP contribution in [-0.4, -0.2) is 15.8 Å². The Balaban J connectivity index is 2.41. The molecule has 0 aliphatic rings. The molecule has 27 heavy (non-hydrogen) atoms. The number of aromatic nitrogens is 1. The molecule has 0 radical (unpaired) electrons. The van der Waals surface area contributed by atoms with Gasteiger partial charge >= 0.3 is 12.4 Å². The quantitative estimate of drug-likeness (QED) is 0.470. The molecule has 1 amide bonds. The van der Waals surface area contributed by atoms with Crippen molar-refractivity contribution in [3.05, 3.63) is 62.8 Å². The van der Waals surface area contributed by atoms with Gasteiger partial charge < -0.3 is 5.32 Å². The monoisotopic (exact) mass is 393 g/mol. The minimum atomic E-state index is -5.10. The molecular formula is C15H9F6N3O3. The molecule has 0 unspecified atom stereocenters. The SMILES string of the molecule is Cc1cc(NC(=O)c2cc(C(F)(F)F)cc(C(F)(F)F)c2)ncc1[N+](=O)[O-]. The number of nitrogens with zero attached hydrogens (tertiary/aromatic N) is 2. The van der Waals surface area contributed by atoms with Gasteiger partial charge in [0.2, 0.25) is 0 Å². The van der Waals surface area contributed by atoms with Gasteiger partial charge in [-0.15, -0.1) is 0 Å². The van der Waals surface area contributed by atoms with Crippen LogP contribution >= 0.6 is 0 Å². The van der Waals surface area contributed by atoms with Gasteiger partial charge in [0.1, 0.15) is 12.0 Å². The molecule has 2 aromatic rings. The summed E-state index contributed by atoms with van der Waals surface area (Å²) in [7, 11) is 0. The van der Waals surface area contributed by atoms with Gasteiger partial charge in [0.15, 0.2) is 0 Å². The highest BCUT2D eigenvalue weighted by molar-refractivity contribution is 6.04. The lowest BCUT2D eigenvalue weighted by Gasteiger charge is -2.14. The van der Waals surface area contributed by atoms with Crippen molar-refractivity contribution < 1.29 is 36.1 Å². The van der Waals surface area contributed by atoms with E-state index in [-0.39, 0.29) is 35.3 Å². The van der Waals surface area contributed by atoms with Crippen molar-refractivity contribution in [1.29, 1.82) is 0 Å². The largest absolute Gasteiger partial charge is 0.416 e. The predicted octanol–water partition coefficient (Wildman–Crippen LogP) is 4.59. The Morgan fingerprint density at radius 1 is 1.04 bits per heavy atom. The molecule has 0 atom stereocenters. The van der Waals surface area contributed by atoms with Gasteiger partial charge in [0.25, 0.3) is 11.6 Å². The van der Waals surface area contributed by atoms with Crippen molar-refractivity contribution in [3.63, 3.8) is 0 Å². The maximum atomic E-state index is 12.8. The standard InChI is InChI=1S/C15H9F6N3O3/c1-7-2-12(22-6-11(7)24(26)27)23-13(25)8-3-9(14(16,17)18)5-10(4-8)15(19,20)21/h2-6H,1H3,(H,22,23,25). The number of benzene rings is 1. The molecule has 144 valence electrons. The van der Waals surface area contributed by atoms with Crippen LogP contribution in [0.5, 0.6) is 0 Å². The first-order valence-corrected chi connectivity index (χ1v) is 7.01. The average molecular weight is 393 g/mol. The lowest BCUT2D eigenvalue weighted by atomic mass is 10.0. The van der Waals surface area contributed by atoms with E-state index in [0.717, 1.165) is 12.3 Å². The van der Waals surface area contributed by atoms with Crippen LogP contribution in [0.2, 0.25) is 0 Å². The molecule has 6 nitrogen and oxygen atoms in total. The van der Waals surface area contributed by atoms with Crippen LogP contribution in [0.25, 0.3) is 0 Å². The first kappa shape index (κ1) is 20.1. The Morgan fingerprint density at radius 2 is 1.56 bits per heavy atom. The number of rotatable bonds is 3. The summed E-state index contributed by atoms with van der Waals surface area (Å²) in [5.74, 6) is -1.55. The van der Waals surface area contributed by atoms with Crippen molar-refractivity contribution in [2.24, 2.45) is 0 Å². The van der Waals surface area contributed by atoms with Crippen LogP contribution in [0.3, 0.4) is 0 Å². The van der Waals surface area contributed by atoms with E-state index >= 15 is 0 Å². The first-order chi connectivity index (χ1) is 12.3. The second-order valence-electron chi connectivity index (χ2n) is 5.36. The summed E-state index contributed by atoms with van der Waals surface area (Å²) in [6.07, 6.45) is -9.39. The average Bonchev–Trinajstić information content (AvgIpc) is 2.52. The first-order valence-electron chi connectivity index (χ1n) is 7.01. The molecule has 0 fully saturated rings. The summed E-state index contributed by atoms with van der Waals surface area (Å²) < 4.78 is 76.9. The Morgan fingerprint density at radius 3 is 1.96 bits per heavy atom. The molecule has 2 rings (SSSR count). The van der Waals surface area contributed by atoms with Gasteiger partial charge in [0.05, 0.1) is 16.1 Å². The third-order valence-corrected chi connectivity index (χ3v) is 3.37. The molecule has 1 aromatic heterocycles. The van der Waals surface area contributed by atoms with E-state index in [1.54, 1.807) is 0 Å². The number of alkyl halides is 6. The minimum absolute atomic E-state index is 0.0883. The zero-order valence-corrected chi connectivity index (χ0v) is 13.3. The maximum Gasteiger partial charge on any atom is 0.416 e. The van der Waals surface area contributed by atoms with E-state index in [2.05, 4.69) is 4.98 Å². The summed E-state index contributed by atoms with van der Waals surface area (Å²) in [6.45, 7) is 1.32. The Hall–Kier alpha value is -3.18. The van der Waals surface area contributed by atoms with Crippen molar-refractivity contribution >= 4 is 17.4 Å². The Bertz CT molecular complexity index is 876. The van der Waals surface area contributed by atoms with Crippen molar-refractivity contribution in [3.8, 4) is 0 Å². The molecule has 1 aromatic carbocycles. The van der Waals surface area contributed by atoms with Gasteiger partial charge in [-0.3, -0.25) is 14.9 Å². The molecule has 0 aliphatic carbocycles. The fourth-order valence-electron chi connectivity index (χ4n) is 2.08. The summed E-state index contributed by atoms with van der Waals surface area (Å²) >= 11 is 0. The number of anilines is 1. The number of amides is 1. The smallest absolute Gasteiger partial charge is 0.307 e. The van der Waals surface area contributed by atoms with Crippen LogP contribution in [0.4, 0.5) is 37.8 Å². The summed E-state index contributed by atoms with van der Waals surface area (Å²) in [5, 5.41) is 12.7. The molecule has 0 aliphatic heterocycles. The number of halogens is 6. The van der Waals surface area contributed by atoms with E-state index < -0.39 is 39.9 Å². The highest BCUT2D eigenvalue weighted by Crippen LogP contribution is 2.36. The van der Waals surface area contributed by atoms with Crippen LogP contribution < -0.4 is 5.32 Å². The zero-order valence-electron chi connectivity index (χ0n) is 13.3. The van der Waals surface area contributed by atoms with E-state index in [1.165, 1.54) is 6.92 Å². The molecule has 0 saturated carbocycles. The van der Waals surface area contributed by atoms with Crippen LogP contribution in [0.1, 0.15) is 27.0 Å². The van der Waals surface area contributed by atoms with Gasteiger partial charge in [-0.1, -0.05) is 0 Å². The summed E-state index contributed by atoms with van der Waals surface area (Å²) in [4.78, 5) is 25.6. The Kier molecular flexibility index (Phi) is 5.11. The molecule has 1 N–H and O–H groups in total. The van der Waals surface area contributed by atoms with Crippen molar-refractivity contribution in [2.75, 3.05) is 5.32 Å². The number of carbonyl (C=O) groups excluding carboxylic acids is 1. The van der Waals surface area contributed by atoms with Crippen LogP contribution in [0, 0.1) is 17.0 Å². The van der Waals surface area contributed by atoms with E-state index in [4.69, 9.17) is 0 Å². The lowest BCUT2D eigenvalue weighted by molar-refractivity contribution is -0.385. The highest BCUT2D eigenvalue weighted by atomic mass is 19.4. The maximum absolute atomic E-state index is 12.8. The van der Waals surface area contributed by atoms with Gasteiger partial charge in [-0.2, -0.15) is 26.3 Å². The lowest BCUT2D eigenvalue weighted by Crippen LogP contribution is -2.17. The molecular weight excluding hydrogens is 384 g/mol. The third kappa shape index (κ3) is 4.71. The molecule has 0 saturated heterocycles. The highest BCUT2D eigenvalue weighted by Gasteiger charge is 2.37. The Labute approximate surface area is 147 Å². The summed E-state index contributed by atoms with van der Waals surface area (Å²) in [6, 6.07) is 1.49. The molecule has 1 heterocycles. The van der Waals surface area contributed by atoms with E-state index in [0.29, 0.717) is 0 Å². The topological polar surface area (TPSA) is 85.1 Å². The molecule has 0 spiro atoms.